The molecule has 3 N–H and O–H groups in total. The van der Waals surface area contributed by atoms with Gasteiger partial charge in [0.15, 0.2) is 29.1 Å². The van der Waals surface area contributed by atoms with Crippen molar-refractivity contribution in [3.8, 4) is 11.5 Å². The molecule has 0 spiro atoms. The van der Waals surface area contributed by atoms with Gasteiger partial charge in [-0.2, -0.15) is 0 Å². The summed E-state index contributed by atoms with van der Waals surface area (Å²) in [5.41, 5.74) is 5.90. The molecule has 2 heterocycles. The Labute approximate surface area is 136 Å². The average molecular weight is 330 g/mol. The number of ether oxygens (including phenoxy) is 3. The molecular formula is C15H14N4O5. The van der Waals surface area contributed by atoms with E-state index in [4.69, 9.17) is 19.9 Å². The van der Waals surface area contributed by atoms with Crippen molar-refractivity contribution in [2.75, 3.05) is 17.8 Å². The smallest absolute Gasteiger partial charge is 0.361 e. The van der Waals surface area contributed by atoms with Crippen LogP contribution >= 0.6 is 0 Å². The number of fused-ring (bicyclic) bond motifs is 1. The van der Waals surface area contributed by atoms with Gasteiger partial charge in [0, 0.05) is 24.1 Å². The molecule has 2 aromatic rings. The molecule has 1 amide bonds. The van der Waals surface area contributed by atoms with Crippen molar-refractivity contribution in [3.05, 3.63) is 36.3 Å². The fourth-order valence-corrected chi connectivity index (χ4v) is 1.99. The predicted octanol–water partition coefficient (Wildman–Crippen LogP) is 0.971. The minimum absolute atomic E-state index is 0.0640. The van der Waals surface area contributed by atoms with Crippen molar-refractivity contribution in [2.24, 2.45) is 0 Å². The van der Waals surface area contributed by atoms with Crippen LogP contribution in [0.1, 0.15) is 17.4 Å². The zero-order chi connectivity index (χ0) is 17.1. The van der Waals surface area contributed by atoms with Gasteiger partial charge in [-0.05, 0) is 19.1 Å². The first-order chi connectivity index (χ1) is 11.5. The van der Waals surface area contributed by atoms with Gasteiger partial charge < -0.3 is 25.3 Å². The quantitative estimate of drug-likeness (QED) is 0.794. The first kappa shape index (κ1) is 15.5. The van der Waals surface area contributed by atoms with Crippen LogP contribution in [-0.2, 0) is 9.53 Å². The largest absolute Gasteiger partial charge is 0.454 e. The van der Waals surface area contributed by atoms with Crippen LogP contribution in [0.5, 0.6) is 11.5 Å². The van der Waals surface area contributed by atoms with E-state index in [9.17, 15) is 9.59 Å². The van der Waals surface area contributed by atoms with E-state index in [0.29, 0.717) is 17.2 Å². The molecule has 124 valence electrons. The number of aromatic nitrogens is 2. The van der Waals surface area contributed by atoms with E-state index >= 15 is 0 Å². The van der Waals surface area contributed by atoms with Crippen molar-refractivity contribution < 1.29 is 23.8 Å². The Morgan fingerprint density at radius 3 is 2.79 bits per heavy atom. The molecule has 1 aliphatic rings. The van der Waals surface area contributed by atoms with Gasteiger partial charge in [-0.3, -0.25) is 4.79 Å². The molecule has 0 bridgehead atoms. The number of hydrogen-bond donors (Lipinski definition) is 2. The van der Waals surface area contributed by atoms with Gasteiger partial charge in [-0.25, -0.2) is 14.8 Å². The minimum Gasteiger partial charge on any atom is -0.454 e. The summed E-state index contributed by atoms with van der Waals surface area (Å²) in [5, 5.41) is 2.62. The van der Waals surface area contributed by atoms with Crippen molar-refractivity contribution in [3.63, 3.8) is 0 Å². The highest BCUT2D eigenvalue weighted by atomic mass is 16.7. The van der Waals surface area contributed by atoms with E-state index in [1.807, 2.05) is 0 Å². The van der Waals surface area contributed by atoms with Gasteiger partial charge in [-0.1, -0.05) is 0 Å². The van der Waals surface area contributed by atoms with E-state index in [-0.39, 0.29) is 18.3 Å². The second-order valence-corrected chi connectivity index (χ2v) is 4.90. The molecule has 1 aliphatic heterocycles. The monoisotopic (exact) mass is 330 g/mol. The van der Waals surface area contributed by atoms with Crippen molar-refractivity contribution in [1.82, 2.24) is 9.97 Å². The van der Waals surface area contributed by atoms with Crippen LogP contribution in [-0.4, -0.2) is 34.7 Å². The van der Waals surface area contributed by atoms with E-state index in [1.165, 1.54) is 19.3 Å². The Kier molecular flexibility index (Phi) is 4.15. The Hall–Kier alpha value is -3.36. The third-order valence-corrected chi connectivity index (χ3v) is 3.21. The summed E-state index contributed by atoms with van der Waals surface area (Å²) in [4.78, 5) is 31.6. The van der Waals surface area contributed by atoms with Gasteiger partial charge in [0.25, 0.3) is 5.91 Å². The van der Waals surface area contributed by atoms with Crippen molar-refractivity contribution >= 4 is 23.4 Å². The summed E-state index contributed by atoms with van der Waals surface area (Å²) in [7, 11) is 0. The molecule has 1 aromatic heterocycles. The fourth-order valence-electron chi connectivity index (χ4n) is 1.99. The highest BCUT2D eigenvalue weighted by Gasteiger charge is 2.22. The predicted molar refractivity (Wildman–Crippen MR) is 82.5 cm³/mol. The fraction of sp³-hybridized carbons (Fsp3) is 0.200. The van der Waals surface area contributed by atoms with Gasteiger partial charge >= 0.3 is 5.97 Å². The topological polar surface area (TPSA) is 126 Å². The summed E-state index contributed by atoms with van der Waals surface area (Å²) in [6.07, 6.45) is 1.61. The number of amides is 1. The average Bonchev–Trinajstić information content (AvgIpc) is 3.02. The number of hydrogen-bond acceptors (Lipinski definition) is 8. The van der Waals surface area contributed by atoms with Crippen LogP contribution in [0.25, 0.3) is 0 Å². The Balaban J connectivity index is 1.63. The van der Waals surface area contributed by atoms with E-state index < -0.39 is 18.0 Å². The number of anilines is 2. The maximum Gasteiger partial charge on any atom is 0.361 e. The molecule has 0 fully saturated rings. The lowest BCUT2D eigenvalue weighted by molar-refractivity contribution is -0.123. The highest BCUT2D eigenvalue weighted by molar-refractivity contribution is 5.98. The summed E-state index contributed by atoms with van der Waals surface area (Å²) >= 11 is 0. The molecule has 0 aliphatic carbocycles. The number of nitrogen functional groups attached to an aromatic ring is 1. The number of nitrogens with one attached hydrogen (secondary N) is 1. The number of carbonyl (C=O) groups excluding carboxylic acids is 2. The van der Waals surface area contributed by atoms with Crippen LogP contribution in [0.15, 0.2) is 30.6 Å². The van der Waals surface area contributed by atoms with E-state index in [0.717, 1.165) is 0 Å². The third-order valence-electron chi connectivity index (χ3n) is 3.21. The minimum atomic E-state index is -1.05. The first-order valence-corrected chi connectivity index (χ1v) is 7.02. The molecular weight excluding hydrogens is 316 g/mol. The van der Waals surface area contributed by atoms with Crippen LogP contribution in [0.2, 0.25) is 0 Å². The van der Waals surface area contributed by atoms with Gasteiger partial charge in [0.05, 0.1) is 0 Å². The van der Waals surface area contributed by atoms with Crippen LogP contribution in [0, 0.1) is 0 Å². The van der Waals surface area contributed by atoms with Gasteiger partial charge in [-0.15, -0.1) is 0 Å². The number of nitrogens with two attached hydrogens (primary N) is 1. The van der Waals surface area contributed by atoms with Crippen LogP contribution < -0.4 is 20.5 Å². The van der Waals surface area contributed by atoms with E-state index in [1.54, 1.807) is 18.2 Å². The van der Waals surface area contributed by atoms with Gasteiger partial charge in [0.2, 0.25) is 6.79 Å². The number of nitrogens with zero attached hydrogens (tertiary/aromatic N) is 2. The molecule has 1 atom stereocenters. The van der Waals surface area contributed by atoms with Crippen molar-refractivity contribution in [2.45, 2.75) is 13.0 Å². The maximum atomic E-state index is 12.1. The van der Waals surface area contributed by atoms with E-state index in [2.05, 4.69) is 15.3 Å². The maximum absolute atomic E-state index is 12.1. The second kappa shape index (κ2) is 6.41. The standard InChI is InChI=1S/C15H14N4O5/c1-8(24-15(21)12-13(16)18-5-4-17-12)14(20)19-9-2-3-10-11(6-9)23-7-22-10/h2-6,8H,7H2,1H3,(H2,16,18)(H,19,20)/t8-/m1/s1. The second-order valence-electron chi connectivity index (χ2n) is 4.90. The zero-order valence-electron chi connectivity index (χ0n) is 12.7. The molecule has 9 nitrogen and oxygen atoms in total. The molecule has 0 unspecified atom stereocenters. The lowest BCUT2D eigenvalue weighted by Gasteiger charge is -2.13. The lowest BCUT2D eigenvalue weighted by atomic mass is 10.2. The van der Waals surface area contributed by atoms with Gasteiger partial charge in [0.1, 0.15) is 0 Å². The summed E-state index contributed by atoms with van der Waals surface area (Å²) < 4.78 is 15.5. The Morgan fingerprint density at radius 1 is 1.25 bits per heavy atom. The number of rotatable bonds is 4. The Bertz CT molecular complexity index is 795. The summed E-state index contributed by atoms with van der Waals surface area (Å²) in [5.74, 6) is -0.264. The van der Waals surface area contributed by atoms with Crippen LogP contribution in [0.4, 0.5) is 11.5 Å². The molecule has 0 saturated heterocycles. The number of carbonyl (C=O) groups is 2. The van der Waals surface area contributed by atoms with Crippen molar-refractivity contribution in [1.29, 1.82) is 0 Å². The number of benzene rings is 1. The third kappa shape index (κ3) is 3.19. The first-order valence-electron chi connectivity index (χ1n) is 7.02. The number of esters is 1. The molecule has 3 rings (SSSR count). The highest BCUT2D eigenvalue weighted by Crippen LogP contribution is 2.34. The molecule has 24 heavy (non-hydrogen) atoms. The summed E-state index contributed by atoms with van der Waals surface area (Å²) in [6.45, 7) is 1.58. The molecule has 0 radical (unpaired) electrons. The SMILES string of the molecule is C[C@@H](OC(=O)c1nccnc1N)C(=O)Nc1ccc2c(c1)OCO2. The summed E-state index contributed by atoms with van der Waals surface area (Å²) in [6, 6.07) is 4.95. The normalized spacial score (nSPS) is 13.2. The zero-order valence-corrected chi connectivity index (χ0v) is 12.7. The Morgan fingerprint density at radius 2 is 2.00 bits per heavy atom. The molecule has 9 heteroatoms. The lowest BCUT2D eigenvalue weighted by Crippen LogP contribution is -2.30. The van der Waals surface area contributed by atoms with Crippen LogP contribution in [0.3, 0.4) is 0 Å². The molecule has 0 saturated carbocycles. The molecule has 1 aromatic carbocycles.